The van der Waals surface area contributed by atoms with E-state index in [0.29, 0.717) is 0 Å². The predicted molar refractivity (Wildman–Crippen MR) is 121 cm³/mol. The fourth-order valence-electron chi connectivity index (χ4n) is 4.69. The van der Waals surface area contributed by atoms with Gasteiger partial charge in [-0.3, -0.25) is 4.79 Å². The molecule has 0 unspecified atom stereocenters. The van der Waals surface area contributed by atoms with Crippen molar-refractivity contribution in [2.24, 2.45) is 0 Å². The highest BCUT2D eigenvalue weighted by molar-refractivity contribution is 6.01. The molecule has 5 rings (SSSR count). The van der Waals surface area contributed by atoms with Gasteiger partial charge in [0.15, 0.2) is 0 Å². The zero-order chi connectivity index (χ0) is 19.6. The third-order valence-electron chi connectivity index (χ3n) is 6.19. The second-order valence-electron chi connectivity index (χ2n) is 8.11. The van der Waals surface area contributed by atoms with Crippen molar-refractivity contribution in [3.05, 3.63) is 65.7 Å². The van der Waals surface area contributed by atoms with Crippen LogP contribution in [-0.2, 0) is 17.6 Å². The molecule has 1 fully saturated rings. The van der Waals surface area contributed by atoms with Gasteiger partial charge in [0.05, 0.1) is 6.54 Å². The molecule has 0 radical (unpaired) electrons. The number of nitrogens with one attached hydrogen (secondary N) is 2. The van der Waals surface area contributed by atoms with Crippen LogP contribution in [0.1, 0.15) is 30.4 Å². The van der Waals surface area contributed by atoms with Gasteiger partial charge in [-0.25, -0.2) is 0 Å². The molecular formula is C25H27N3O. The topological polar surface area (TPSA) is 44.4 Å². The van der Waals surface area contributed by atoms with Crippen LogP contribution in [0.4, 0.5) is 17.1 Å². The Balaban J connectivity index is 1.22. The van der Waals surface area contributed by atoms with E-state index in [1.807, 2.05) is 12.1 Å². The maximum Gasteiger partial charge on any atom is 0.243 e. The van der Waals surface area contributed by atoms with Gasteiger partial charge in [-0.2, -0.15) is 0 Å². The fraction of sp³-hybridized carbons (Fsp3) is 0.320. The molecule has 1 aliphatic heterocycles. The summed E-state index contributed by atoms with van der Waals surface area (Å²) >= 11 is 0. The number of anilines is 3. The van der Waals surface area contributed by atoms with Crippen LogP contribution >= 0.6 is 0 Å². The molecule has 3 aromatic rings. The third kappa shape index (κ3) is 3.67. The Labute approximate surface area is 171 Å². The summed E-state index contributed by atoms with van der Waals surface area (Å²) in [6, 6.07) is 19.0. The van der Waals surface area contributed by atoms with Crippen molar-refractivity contribution < 1.29 is 4.79 Å². The number of carbonyl (C=O) groups is 1. The van der Waals surface area contributed by atoms with Gasteiger partial charge in [0.2, 0.25) is 5.91 Å². The molecule has 29 heavy (non-hydrogen) atoms. The van der Waals surface area contributed by atoms with Gasteiger partial charge in [0.25, 0.3) is 0 Å². The minimum atomic E-state index is -0.0287. The van der Waals surface area contributed by atoms with Gasteiger partial charge in [0.1, 0.15) is 0 Å². The third-order valence-corrected chi connectivity index (χ3v) is 6.19. The van der Waals surface area contributed by atoms with Gasteiger partial charge >= 0.3 is 0 Å². The Kier molecular flexibility index (Phi) is 4.84. The second kappa shape index (κ2) is 7.78. The first-order valence-corrected chi connectivity index (χ1v) is 10.7. The monoisotopic (exact) mass is 385 g/mol. The Bertz CT molecular complexity index is 1030. The number of hydrogen-bond donors (Lipinski definition) is 2. The van der Waals surface area contributed by atoms with E-state index >= 15 is 0 Å². The van der Waals surface area contributed by atoms with Crippen LogP contribution < -0.4 is 15.5 Å². The molecule has 0 spiro atoms. The number of nitrogens with zero attached hydrogens (tertiary/aromatic N) is 1. The van der Waals surface area contributed by atoms with Crippen molar-refractivity contribution >= 4 is 33.7 Å². The first-order chi connectivity index (χ1) is 14.3. The van der Waals surface area contributed by atoms with Gasteiger partial charge in [-0.05, 0) is 78.9 Å². The minimum Gasteiger partial charge on any atom is -0.376 e. The lowest BCUT2D eigenvalue weighted by Gasteiger charge is -2.28. The van der Waals surface area contributed by atoms with E-state index in [4.69, 9.17) is 0 Å². The number of rotatable bonds is 5. The Morgan fingerprint density at radius 2 is 1.62 bits per heavy atom. The summed E-state index contributed by atoms with van der Waals surface area (Å²) in [5.74, 6) is -0.0287. The van der Waals surface area contributed by atoms with Crippen LogP contribution in [0.3, 0.4) is 0 Å². The molecule has 3 aromatic carbocycles. The number of benzene rings is 3. The summed E-state index contributed by atoms with van der Waals surface area (Å²) < 4.78 is 0. The summed E-state index contributed by atoms with van der Waals surface area (Å²) in [5.41, 5.74) is 5.95. The van der Waals surface area contributed by atoms with Gasteiger partial charge < -0.3 is 15.5 Å². The van der Waals surface area contributed by atoms with E-state index in [9.17, 15) is 4.79 Å². The number of carbonyl (C=O) groups excluding carboxylic acids is 1. The number of aryl methyl sites for hydroxylation is 2. The molecule has 1 heterocycles. The standard InChI is InChI=1S/C25H27N3O/c29-24(27-20-10-12-21(13-11-20)28-15-2-1-3-16-28)17-26-23-14-9-19-8-7-18-5-4-6-22(23)25(18)19/h4-6,9-14,26H,1-3,7-8,15-17H2,(H,27,29). The molecule has 0 atom stereocenters. The van der Waals surface area contributed by atoms with Gasteiger partial charge in [-0.15, -0.1) is 0 Å². The molecule has 1 aliphatic carbocycles. The van der Waals surface area contributed by atoms with Crippen LogP contribution in [0.5, 0.6) is 0 Å². The van der Waals surface area contributed by atoms with Gasteiger partial charge in [0, 0.05) is 35.5 Å². The van der Waals surface area contributed by atoms with Crippen molar-refractivity contribution in [2.75, 3.05) is 35.2 Å². The second-order valence-corrected chi connectivity index (χ2v) is 8.11. The van der Waals surface area contributed by atoms with E-state index in [1.165, 1.54) is 46.8 Å². The van der Waals surface area contributed by atoms with Crippen molar-refractivity contribution in [2.45, 2.75) is 32.1 Å². The SMILES string of the molecule is O=C(CNc1ccc2c3c(cccc13)CC2)Nc1ccc(N2CCCCC2)cc1. The van der Waals surface area contributed by atoms with Gasteiger partial charge in [-0.1, -0.05) is 24.3 Å². The summed E-state index contributed by atoms with van der Waals surface area (Å²) in [6.45, 7) is 2.51. The average Bonchev–Trinajstić information content (AvgIpc) is 3.19. The summed E-state index contributed by atoms with van der Waals surface area (Å²) in [4.78, 5) is 14.9. The lowest BCUT2D eigenvalue weighted by atomic mass is 10.0. The quantitative estimate of drug-likeness (QED) is 0.651. The van der Waals surface area contributed by atoms with Crippen LogP contribution in [0.2, 0.25) is 0 Å². The molecule has 2 N–H and O–H groups in total. The Morgan fingerprint density at radius 3 is 2.41 bits per heavy atom. The molecule has 1 amide bonds. The van der Waals surface area contributed by atoms with E-state index in [-0.39, 0.29) is 12.5 Å². The molecular weight excluding hydrogens is 358 g/mol. The highest BCUT2D eigenvalue weighted by atomic mass is 16.1. The van der Waals surface area contributed by atoms with Crippen molar-refractivity contribution in [3.63, 3.8) is 0 Å². The molecule has 2 aliphatic rings. The lowest BCUT2D eigenvalue weighted by molar-refractivity contribution is -0.114. The van der Waals surface area contributed by atoms with E-state index in [0.717, 1.165) is 37.3 Å². The zero-order valence-electron chi connectivity index (χ0n) is 16.7. The van der Waals surface area contributed by atoms with Crippen LogP contribution in [0.25, 0.3) is 10.8 Å². The normalized spacial score (nSPS) is 15.5. The Morgan fingerprint density at radius 1 is 0.862 bits per heavy atom. The van der Waals surface area contributed by atoms with Crippen LogP contribution in [-0.4, -0.2) is 25.5 Å². The lowest BCUT2D eigenvalue weighted by Crippen LogP contribution is -2.29. The maximum atomic E-state index is 12.5. The first-order valence-electron chi connectivity index (χ1n) is 10.7. The minimum absolute atomic E-state index is 0.0287. The highest BCUT2D eigenvalue weighted by Crippen LogP contribution is 2.34. The van der Waals surface area contributed by atoms with E-state index in [1.54, 1.807) is 0 Å². The smallest absolute Gasteiger partial charge is 0.243 e. The molecule has 0 bridgehead atoms. The molecule has 1 saturated heterocycles. The molecule has 0 saturated carbocycles. The summed E-state index contributed by atoms with van der Waals surface area (Å²) in [7, 11) is 0. The zero-order valence-corrected chi connectivity index (χ0v) is 16.7. The highest BCUT2D eigenvalue weighted by Gasteiger charge is 2.16. The van der Waals surface area contributed by atoms with Crippen LogP contribution in [0.15, 0.2) is 54.6 Å². The molecule has 148 valence electrons. The van der Waals surface area contributed by atoms with Crippen LogP contribution in [0, 0.1) is 0 Å². The molecule has 0 aromatic heterocycles. The Hall–Kier alpha value is -3.01. The van der Waals surface area contributed by atoms with Crippen molar-refractivity contribution in [1.82, 2.24) is 0 Å². The van der Waals surface area contributed by atoms with E-state index in [2.05, 4.69) is 58.0 Å². The number of hydrogen-bond acceptors (Lipinski definition) is 3. The maximum absolute atomic E-state index is 12.5. The number of piperidine rings is 1. The van der Waals surface area contributed by atoms with Crippen molar-refractivity contribution in [1.29, 1.82) is 0 Å². The van der Waals surface area contributed by atoms with Crippen molar-refractivity contribution in [3.8, 4) is 0 Å². The molecule has 4 nitrogen and oxygen atoms in total. The van der Waals surface area contributed by atoms with E-state index < -0.39 is 0 Å². The predicted octanol–water partition coefficient (Wildman–Crippen LogP) is 4.98. The summed E-state index contributed by atoms with van der Waals surface area (Å²) in [5, 5.41) is 8.92. The largest absolute Gasteiger partial charge is 0.376 e. The summed E-state index contributed by atoms with van der Waals surface area (Å²) in [6.07, 6.45) is 6.09. The molecule has 4 heteroatoms. The number of amides is 1. The average molecular weight is 386 g/mol. The fourth-order valence-corrected chi connectivity index (χ4v) is 4.69. The first kappa shape index (κ1) is 18.0.